The molecule has 4 aromatic rings. The Hall–Kier alpha value is -4.19. The van der Waals surface area contributed by atoms with Gasteiger partial charge in [-0.25, -0.2) is 0 Å². The number of carbonyl (C=O) groups excluding carboxylic acids is 1. The molecular formula is C31H33NO5. The van der Waals surface area contributed by atoms with Crippen LogP contribution < -0.4 is 19.5 Å². The topological polar surface area (TPSA) is 69.9 Å². The van der Waals surface area contributed by atoms with Crippen LogP contribution in [-0.4, -0.2) is 26.7 Å². The van der Waals surface area contributed by atoms with Crippen molar-refractivity contribution in [2.24, 2.45) is 0 Å². The number of rotatable bonds is 9. The highest BCUT2D eigenvalue weighted by Gasteiger charge is 2.21. The highest BCUT2D eigenvalue weighted by molar-refractivity contribution is 6.02. The second kappa shape index (κ2) is 11.2. The number of carbonyl (C=O) groups is 1. The molecule has 1 atom stereocenters. The van der Waals surface area contributed by atoms with Gasteiger partial charge in [0, 0.05) is 33.7 Å². The minimum atomic E-state index is -0.170. The average molecular weight is 500 g/mol. The predicted octanol–water partition coefficient (Wildman–Crippen LogP) is 7.10. The van der Waals surface area contributed by atoms with Gasteiger partial charge in [-0.3, -0.25) is 4.79 Å². The van der Waals surface area contributed by atoms with Crippen LogP contribution in [0.15, 0.2) is 71.4 Å². The van der Waals surface area contributed by atoms with Gasteiger partial charge in [-0.1, -0.05) is 30.3 Å². The Morgan fingerprint density at radius 1 is 1.05 bits per heavy atom. The van der Waals surface area contributed by atoms with E-state index in [1.807, 2.05) is 82.3 Å². The van der Waals surface area contributed by atoms with E-state index in [1.54, 1.807) is 26.6 Å². The lowest BCUT2D eigenvalue weighted by molar-refractivity contribution is -0.117. The molecule has 1 N–H and O–H groups in total. The third-order valence-corrected chi connectivity index (χ3v) is 6.46. The molecule has 0 saturated heterocycles. The van der Waals surface area contributed by atoms with Crippen LogP contribution in [0.4, 0.5) is 0 Å². The number of hydrogen-bond acceptors (Lipinski definition) is 5. The number of aryl methyl sites for hydroxylation is 1. The molecule has 0 aliphatic heterocycles. The van der Waals surface area contributed by atoms with E-state index in [-0.39, 0.29) is 11.9 Å². The second-order valence-electron chi connectivity index (χ2n) is 8.87. The third-order valence-electron chi connectivity index (χ3n) is 6.46. The first kappa shape index (κ1) is 25.9. The normalized spacial score (nSPS) is 12.3. The van der Waals surface area contributed by atoms with Crippen molar-refractivity contribution in [3.05, 3.63) is 83.6 Å². The van der Waals surface area contributed by atoms with Crippen LogP contribution in [0.5, 0.6) is 17.2 Å². The maximum absolute atomic E-state index is 12.9. The fraction of sp³-hybridized carbons (Fsp3) is 0.258. The summed E-state index contributed by atoms with van der Waals surface area (Å²) in [5.74, 6) is 1.95. The smallest absolute Gasteiger partial charge is 0.244 e. The third kappa shape index (κ3) is 5.33. The molecule has 0 aliphatic rings. The largest absolute Gasteiger partial charge is 0.497 e. The molecule has 1 amide bonds. The van der Waals surface area contributed by atoms with Crippen LogP contribution in [0.1, 0.15) is 43.5 Å². The Labute approximate surface area is 217 Å². The Morgan fingerprint density at radius 3 is 2.49 bits per heavy atom. The highest BCUT2D eigenvalue weighted by atomic mass is 16.5. The van der Waals surface area contributed by atoms with E-state index in [0.29, 0.717) is 23.9 Å². The lowest BCUT2D eigenvalue weighted by Crippen LogP contribution is -2.24. The van der Waals surface area contributed by atoms with Crippen LogP contribution in [-0.2, 0) is 4.79 Å². The highest BCUT2D eigenvalue weighted by Crippen LogP contribution is 2.43. The van der Waals surface area contributed by atoms with Gasteiger partial charge in [-0.2, -0.15) is 0 Å². The Balaban J connectivity index is 1.79. The van der Waals surface area contributed by atoms with Crippen molar-refractivity contribution < 1.29 is 23.4 Å². The van der Waals surface area contributed by atoms with E-state index >= 15 is 0 Å². The summed E-state index contributed by atoms with van der Waals surface area (Å²) in [6, 6.07) is 17.4. The van der Waals surface area contributed by atoms with Gasteiger partial charge in [0.05, 0.1) is 33.1 Å². The van der Waals surface area contributed by atoms with E-state index in [0.717, 1.165) is 44.4 Å². The van der Waals surface area contributed by atoms with E-state index in [9.17, 15) is 4.79 Å². The standard InChI is InChI=1S/C31H33NO5/c1-7-36-30-20(3)31-26(27(18-37-31)25-16-23(34-5)13-14-28(25)35-6)17-24(30)19(2)15-29(33)32-21(4)22-11-9-8-10-12-22/h8-18,21H,7H2,1-6H3,(H,32,33)/b19-15+. The summed E-state index contributed by atoms with van der Waals surface area (Å²) in [6.45, 7) is 8.29. The number of benzene rings is 3. The average Bonchev–Trinajstić information content (AvgIpc) is 3.34. The number of hydrogen-bond donors (Lipinski definition) is 1. The zero-order chi connectivity index (χ0) is 26.5. The van der Waals surface area contributed by atoms with E-state index in [4.69, 9.17) is 18.6 Å². The summed E-state index contributed by atoms with van der Waals surface area (Å²) in [5.41, 5.74) is 5.98. The number of nitrogens with one attached hydrogen (secondary N) is 1. The molecule has 0 aliphatic carbocycles. The van der Waals surface area contributed by atoms with Gasteiger partial charge in [0.15, 0.2) is 0 Å². The van der Waals surface area contributed by atoms with Crippen molar-refractivity contribution in [3.63, 3.8) is 0 Å². The monoisotopic (exact) mass is 499 g/mol. The molecule has 0 fully saturated rings. The number of methoxy groups -OCH3 is 2. The Morgan fingerprint density at radius 2 is 1.81 bits per heavy atom. The van der Waals surface area contributed by atoms with Crippen molar-refractivity contribution in [2.45, 2.75) is 33.7 Å². The molecule has 6 nitrogen and oxygen atoms in total. The zero-order valence-corrected chi connectivity index (χ0v) is 22.2. The number of amides is 1. The molecule has 37 heavy (non-hydrogen) atoms. The second-order valence-corrected chi connectivity index (χ2v) is 8.87. The number of allylic oxidation sites excluding steroid dienone is 1. The van der Waals surface area contributed by atoms with E-state index < -0.39 is 0 Å². The van der Waals surface area contributed by atoms with Crippen LogP contribution in [0, 0.1) is 6.92 Å². The summed E-state index contributed by atoms with van der Waals surface area (Å²) in [6.07, 6.45) is 3.34. The van der Waals surface area contributed by atoms with Gasteiger partial charge in [0.25, 0.3) is 0 Å². The first-order valence-electron chi connectivity index (χ1n) is 12.3. The summed E-state index contributed by atoms with van der Waals surface area (Å²) < 4.78 is 23.2. The first-order valence-corrected chi connectivity index (χ1v) is 12.3. The number of fused-ring (bicyclic) bond motifs is 1. The SMILES string of the molecule is CCOc1c(/C(C)=C/C(=O)NC(C)c2ccccc2)cc2c(-c3cc(OC)ccc3OC)coc2c1C. The first-order chi connectivity index (χ1) is 17.9. The Bertz CT molecular complexity index is 1440. The van der Waals surface area contributed by atoms with Gasteiger partial charge >= 0.3 is 0 Å². The van der Waals surface area contributed by atoms with Crippen LogP contribution in [0.25, 0.3) is 27.7 Å². The summed E-state index contributed by atoms with van der Waals surface area (Å²) >= 11 is 0. The number of furan rings is 1. The summed E-state index contributed by atoms with van der Waals surface area (Å²) in [5, 5.41) is 3.95. The summed E-state index contributed by atoms with van der Waals surface area (Å²) in [4.78, 5) is 12.9. The predicted molar refractivity (Wildman–Crippen MR) is 147 cm³/mol. The molecule has 6 heteroatoms. The molecule has 1 unspecified atom stereocenters. The molecule has 1 aromatic heterocycles. The molecule has 1 heterocycles. The van der Waals surface area contributed by atoms with Gasteiger partial charge < -0.3 is 23.9 Å². The van der Waals surface area contributed by atoms with Crippen molar-refractivity contribution in [2.75, 3.05) is 20.8 Å². The lowest BCUT2D eigenvalue weighted by atomic mass is 9.96. The maximum atomic E-state index is 12.9. The van der Waals surface area contributed by atoms with Gasteiger partial charge in [0.2, 0.25) is 5.91 Å². The Kier molecular flexibility index (Phi) is 7.87. The zero-order valence-electron chi connectivity index (χ0n) is 22.2. The van der Waals surface area contributed by atoms with Crippen LogP contribution >= 0.6 is 0 Å². The minimum absolute atomic E-state index is 0.116. The fourth-order valence-electron chi connectivity index (χ4n) is 4.53. The van der Waals surface area contributed by atoms with Crippen molar-refractivity contribution >= 4 is 22.4 Å². The molecule has 4 rings (SSSR count). The molecular weight excluding hydrogens is 466 g/mol. The van der Waals surface area contributed by atoms with Crippen molar-refractivity contribution in [1.82, 2.24) is 5.32 Å². The van der Waals surface area contributed by atoms with Crippen molar-refractivity contribution in [3.8, 4) is 28.4 Å². The van der Waals surface area contributed by atoms with Gasteiger partial charge in [-0.05, 0) is 63.1 Å². The van der Waals surface area contributed by atoms with Gasteiger partial charge in [-0.15, -0.1) is 0 Å². The minimum Gasteiger partial charge on any atom is -0.497 e. The van der Waals surface area contributed by atoms with E-state index in [2.05, 4.69) is 5.32 Å². The molecule has 0 saturated carbocycles. The molecule has 0 radical (unpaired) electrons. The molecule has 0 spiro atoms. The molecule has 3 aromatic carbocycles. The quantitative estimate of drug-likeness (QED) is 0.249. The molecule has 192 valence electrons. The van der Waals surface area contributed by atoms with Crippen molar-refractivity contribution in [1.29, 1.82) is 0 Å². The fourth-order valence-corrected chi connectivity index (χ4v) is 4.53. The van der Waals surface area contributed by atoms with Crippen LogP contribution in [0.2, 0.25) is 0 Å². The van der Waals surface area contributed by atoms with Gasteiger partial charge in [0.1, 0.15) is 22.8 Å². The van der Waals surface area contributed by atoms with Crippen LogP contribution in [0.3, 0.4) is 0 Å². The lowest BCUT2D eigenvalue weighted by Gasteiger charge is -2.16. The summed E-state index contributed by atoms with van der Waals surface area (Å²) in [7, 11) is 3.27. The number of ether oxygens (including phenoxy) is 3. The van der Waals surface area contributed by atoms with E-state index in [1.165, 1.54) is 0 Å². The molecule has 0 bridgehead atoms. The maximum Gasteiger partial charge on any atom is 0.244 e.